The zero-order valence-electron chi connectivity index (χ0n) is 12.5. The molecule has 1 aliphatic rings. The van der Waals surface area contributed by atoms with Gasteiger partial charge in [0.25, 0.3) is 0 Å². The summed E-state index contributed by atoms with van der Waals surface area (Å²) in [6.45, 7) is 7.75. The third-order valence-electron chi connectivity index (χ3n) is 4.10. The number of nitrogens with zero attached hydrogens (tertiary/aromatic N) is 1. The molecule has 0 saturated carbocycles. The average molecular weight is 262 g/mol. The first kappa shape index (κ1) is 14.2. The molecule has 1 aliphatic heterocycles. The van der Waals surface area contributed by atoms with Crippen molar-refractivity contribution in [2.75, 3.05) is 18.6 Å². The summed E-state index contributed by atoms with van der Waals surface area (Å²) < 4.78 is 5.50. The number of methoxy groups -OCH3 is 1. The van der Waals surface area contributed by atoms with Crippen LogP contribution in [0, 0.1) is 5.92 Å². The van der Waals surface area contributed by atoms with Gasteiger partial charge in [-0.15, -0.1) is 0 Å². The van der Waals surface area contributed by atoms with Gasteiger partial charge in [0.2, 0.25) is 0 Å². The largest absolute Gasteiger partial charge is 0.496 e. The summed E-state index contributed by atoms with van der Waals surface area (Å²) in [6.07, 6.45) is 2.53. The molecule has 1 aromatic rings. The van der Waals surface area contributed by atoms with Crippen LogP contribution in [0.25, 0.3) is 0 Å². The van der Waals surface area contributed by atoms with E-state index < -0.39 is 0 Å². The maximum Gasteiger partial charge on any atom is 0.125 e. The van der Waals surface area contributed by atoms with Gasteiger partial charge in [0, 0.05) is 29.9 Å². The highest BCUT2D eigenvalue weighted by Gasteiger charge is 2.30. The molecule has 0 bridgehead atoms. The van der Waals surface area contributed by atoms with E-state index in [1.54, 1.807) is 7.11 Å². The first-order valence-electron chi connectivity index (χ1n) is 7.25. The van der Waals surface area contributed by atoms with E-state index in [-0.39, 0.29) is 6.04 Å². The molecule has 106 valence electrons. The topological polar surface area (TPSA) is 38.5 Å². The first-order chi connectivity index (χ1) is 9.06. The van der Waals surface area contributed by atoms with Crippen LogP contribution in [0.1, 0.15) is 45.2 Å². The fourth-order valence-corrected chi connectivity index (χ4v) is 3.20. The minimum atomic E-state index is -0.0143. The molecule has 1 aromatic carbocycles. The van der Waals surface area contributed by atoms with E-state index in [0.717, 1.165) is 17.9 Å². The summed E-state index contributed by atoms with van der Waals surface area (Å²) in [7, 11) is 1.72. The molecular formula is C16H26N2O. The van der Waals surface area contributed by atoms with Crippen LogP contribution >= 0.6 is 0 Å². The summed E-state index contributed by atoms with van der Waals surface area (Å²) in [5, 5.41) is 0. The Balaban J connectivity index is 2.44. The van der Waals surface area contributed by atoms with Crippen LogP contribution in [0.2, 0.25) is 0 Å². The highest BCUT2D eigenvalue weighted by atomic mass is 16.5. The number of nitrogens with two attached hydrogens (primary N) is 1. The standard InChI is InChI=1S/C16H26N2O/c1-11(2)13-8-6-10-18(13)14-7-5-9-15(19-4)16(14)12(3)17/h5,7,9,11-13H,6,8,10,17H2,1-4H3/t12-,13?/m1/s1. The molecule has 0 aliphatic carbocycles. The molecule has 3 nitrogen and oxygen atoms in total. The minimum absolute atomic E-state index is 0.0143. The van der Waals surface area contributed by atoms with Crippen molar-refractivity contribution in [2.45, 2.75) is 45.7 Å². The Morgan fingerprint density at radius 1 is 1.32 bits per heavy atom. The summed E-state index contributed by atoms with van der Waals surface area (Å²) >= 11 is 0. The summed E-state index contributed by atoms with van der Waals surface area (Å²) in [5.74, 6) is 1.57. The molecule has 0 radical (unpaired) electrons. The van der Waals surface area contributed by atoms with Crippen molar-refractivity contribution in [3.05, 3.63) is 23.8 Å². The van der Waals surface area contributed by atoms with E-state index in [4.69, 9.17) is 10.5 Å². The van der Waals surface area contributed by atoms with Gasteiger partial charge < -0.3 is 15.4 Å². The number of rotatable bonds is 4. The van der Waals surface area contributed by atoms with Gasteiger partial charge in [0.15, 0.2) is 0 Å². The van der Waals surface area contributed by atoms with Crippen molar-refractivity contribution in [1.29, 1.82) is 0 Å². The molecule has 0 aromatic heterocycles. The average Bonchev–Trinajstić information content (AvgIpc) is 2.86. The van der Waals surface area contributed by atoms with Gasteiger partial charge in [-0.1, -0.05) is 19.9 Å². The summed E-state index contributed by atoms with van der Waals surface area (Å²) in [6, 6.07) is 6.85. The van der Waals surface area contributed by atoms with Gasteiger partial charge in [-0.25, -0.2) is 0 Å². The molecule has 0 spiro atoms. The molecule has 2 rings (SSSR count). The predicted molar refractivity (Wildman–Crippen MR) is 80.8 cm³/mol. The molecule has 1 unspecified atom stereocenters. The SMILES string of the molecule is COc1cccc(N2CCCC2C(C)C)c1[C@@H](C)N. The monoisotopic (exact) mass is 262 g/mol. The van der Waals surface area contributed by atoms with Gasteiger partial charge >= 0.3 is 0 Å². The molecule has 19 heavy (non-hydrogen) atoms. The van der Waals surface area contributed by atoms with E-state index in [1.165, 1.54) is 18.5 Å². The molecule has 3 heteroatoms. The van der Waals surface area contributed by atoms with Crippen molar-refractivity contribution < 1.29 is 4.74 Å². The second-order valence-corrected chi connectivity index (χ2v) is 5.83. The van der Waals surface area contributed by atoms with Crippen LogP contribution in [0.3, 0.4) is 0 Å². The van der Waals surface area contributed by atoms with Gasteiger partial charge in [0.1, 0.15) is 5.75 Å². The first-order valence-corrected chi connectivity index (χ1v) is 7.25. The van der Waals surface area contributed by atoms with Crippen molar-refractivity contribution in [1.82, 2.24) is 0 Å². The van der Waals surface area contributed by atoms with E-state index in [1.807, 2.05) is 13.0 Å². The van der Waals surface area contributed by atoms with E-state index in [9.17, 15) is 0 Å². The van der Waals surface area contributed by atoms with Crippen LogP contribution in [0.5, 0.6) is 5.75 Å². The molecule has 1 saturated heterocycles. The van der Waals surface area contributed by atoms with Crippen LogP contribution in [-0.4, -0.2) is 19.7 Å². The highest BCUT2D eigenvalue weighted by molar-refractivity contribution is 5.62. The van der Waals surface area contributed by atoms with Gasteiger partial charge in [0.05, 0.1) is 7.11 Å². The fourth-order valence-electron chi connectivity index (χ4n) is 3.20. The second kappa shape index (κ2) is 5.83. The molecule has 2 N–H and O–H groups in total. The zero-order chi connectivity index (χ0) is 14.0. The number of hydrogen-bond acceptors (Lipinski definition) is 3. The molecule has 1 heterocycles. The number of hydrogen-bond donors (Lipinski definition) is 1. The third kappa shape index (κ3) is 2.71. The van der Waals surface area contributed by atoms with Crippen LogP contribution in [0.4, 0.5) is 5.69 Å². The Labute approximate surface area is 116 Å². The second-order valence-electron chi connectivity index (χ2n) is 5.83. The maximum atomic E-state index is 6.17. The van der Waals surface area contributed by atoms with Crippen molar-refractivity contribution in [3.8, 4) is 5.75 Å². The Morgan fingerprint density at radius 3 is 2.63 bits per heavy atom. The normalized spacial score (nSPS) is 20.9. The smallest absolute Gasteiger partial charge is 0.125 e. The summed E-state index contributed by atoms with van der Waals surface area (Å²) in [5.41, 5.74) is 8.57. The predicted octanol–water partition coefficient (Wildman–Crippen LogP) is 3.34. The molecular weight excluding hydrogens is 236 g/mol. The molecule has 1 fully saturated rings. The Hall–Kier alpha value is -1.22. The quantitative estimate of drug-likeness (QED) is 0.904. The fraction of sp³-hybridized carbons (Fsp3) is 0.625. The van der Waals surface area contributed by atoms with Crippen molar-refractivity contribution in [3.63, 3.8) is 0 Å². The number of ether oxygens (including phenoxy) is 1. The Morgan fingerprint density at radius 2 is 2.05 bits per heavy atom. The lowest BCUT2D eigenvalue weighted by molar-refractivity contribution is 0.406. The van der Waals surface area contributed by atoms with E-state index in [2.05, 4.69) is 30.9 Å². The molecule has 0 amide bonds. The van der Waals surface area contributed by atoms with Crippen LogP contribution in [-0.2, 0) is 0 Å². The lowest BCUT2D eigenvalue weighted by atomic mass is 9.99. The number of benzene rings is 1. The maximum absolute atomic E-state index is 6.17. The Bertz CT molecular complexity index is 429. The van der Waals surface area contributed by atoms with Gasteiger partial charge in [-0.05, 0) is 37.8 Å². The van der Waals surface area contributed by atoms with Gasteiger partial charge in [-0.2, -0.15) is 0 Å². The van der Waals surface area contributed by atoms with Crippen molar-refractivity contribution in [2.24, 2.45) is 11.7 Å². The lowest BCUT2D eigenvalue weighted by Gasteiger charge is -2.32. The number of anilines is 1. The molecule has 2 atom stereocenters. The van der Waals surface area contributed by atoms with E-state index >= 15 is 0 Å². The lowest BCUT2D eigenvalue weighted by Crippen LogP contribution is -2.34. The van der Waals surface area contributed by atoms with Crippen molar-refractivity contribution >= 4 is 5.69 Å². The summed E-state index contributed by atoms with van der Waals surface area (Å²) in [4.78, 5) is 2.52. The van der Waals surface area contributed by atoms with Crippen LogP contribution in [0.15, 0.2) is 18.2 Å². The van der Waals surface area contributed by atoms with Gasteiger partial charge in [-0.3, -0.25) is 0 Å². The third-order valence-corrected chi connectivity index (χ3v) is 4.10. The highest BCUT2D eigenvalue weighted by Crippen LogP contribution is 2.38. The Kier molecular flexibility index (Phi) is 4.35. The van der Waals surface area contributed by atoms with Crippen LogP contribution < -0.4 is 15.4 Å². The van der Waals surface area contributed by atoms with E-state index in [0.29, 0.717) is 12.0 Å². The minimum Gasteiger partial charge on any atom is -0.496 e. The zero-order valence-corrected chi connectivity index (χ0v) is 12.5.